The number of nitrogens with two attached hydrogens (primary N) is 1. The van der Waals surface area contributed by atoms with Gasteiger partial charge in [-0.15, -0.1) is 11.3 Å². The van der Waals surface area contributed by atoms with Crippen molar-refractivity contribution in [3.8, 4) is 0 Å². The zero-order valence-electron chi connectivity index (χ0n) is 10.2. The first-order valence-corrected chi connectivity index (χ1v) is 8.05. The van der Waals surface area contributed by atoms with Gasteiger partial charge in [0.15, 0.2) is 0 Å². The molecule has 3 rings (SSSR count). The molecule has 0 bridgehead atoms. The topological polar surface area (TPSA) is 46.3 Å². The van der Waals surface area contributed by atoms with Crippen LogP contribution in [0.15, 0.2) is 29.6 Å². The van der Waals surface area contributed by atoms with E-state index in [9.17, 15) is 4.79 Å². The number of thiophene rings is 1. The molecular weight excluding hydrogens is 371 g/mol. The van der Waals surface area contributed by atoms with E-state index in [1.807, 2.05) is 34.5 Å². The molecule has 0 saturated carbocycles. The predicted molar refractivity (Wildman–Crippen MR) is 87.9 cm³/mol. The Bertz CT molecular complexity index is 638. The van der Waals surface area contributed by atoms with Crippen LogP contribution in [0, 0.1) is 2.88 Å². The van der Waals surface area contributed by atoms with Crippen molar-refractivity contribution in [2.75, 3.05) is 17.2 Å². The van der Waals surface area contributed by atoms with E-state index in [0.29, 0.717) is 5.69 Å². The third kappa shape index (κ3) is 2.49. The van der Waals surface area contributed by atoms with E-state index in [1.165, 1.54) is 5.56 Å². The van der Waals surface area contributed by atoms with Crippen LogP contribution in [0.5, 0.6) is 0 Å². The molecule has 2 N–H and O–H groups in total. The smallest absolute Gasteiger partial charge is 0.259 e. The first-order valence-electron chi connectivity index (χ1n) is 6.09. The molecule has 0 saturated heterocycles. The minimum Gasteiger partial charge on any atom is -0.399 e. The molecule has 5 heteroatoms. The lowest BCUT2D eigenvalue weighted by atomic mass is 10.0. The Labute approximate surface area is 129 Å². The summed E-state index contributed by atoms with van der Waals surface area (Å²) >= 11 is 3.83. The van der Waals surface area contributed by atoms with Crippen molar-refractivity contribution in [3.05, 3.63) is 43.7 Å². The fourth-order valence-corrected chi connectivity index (χ4v) is 3.70. The van der Waals surface area contributed by atoms with Crippen LogP contribution in [0.25, 0.3) is 0 Å². The average Bonchev–Trinajstić information content (AvgIpc) is 2.84. The number of carbonyl (C=O) groups excluding carboxylic acids is 1. The molecule has 2 aromatic rings. The van der Waals surface area contributed by atoms with Crippen LogP contribution in [0.1, 0.15) is 22.3 Å². The maximum Gasteiger partial charge on any atom is 0.259 e. The lowest BCUT2D eigenvalue weighted by Crippen LogP contribution is -2.35. The minimum absolute atomic E-state index is 0.0747. The van der Waals surface area contributed by atoms with E-state index in [2.05, 4.69) is 22.6 Å². The number of anilines is 2. The second kappa shape index (κ2) is 5.13. The number of fused-ring (bicyclic) bond motifs is 1. The number of nitrogen functional groups attached to an aromatic ring is 1. The number of hydrogen-bond donors (Lipinski definition) is 1. The maximum atomic E-state index is 12.6. The number of benzene rings is 1. The van der Waals surface area contributed by atoms with E-state index < -0.39 is 0 Å². The first-order chi connectivity index (χ1) is 9.15. The van der Waals surface area contributed by atoms with Gasteiger partial charge in [-0.3, -0.25) is 4.79 Å². The van der Waals surface area contributed by atoms with Crippen LogP contribution in [0.3, 0.4) is 0 Å². The first kappa shape index (κ1) is 12.9. The molecule has 19 heavy (non-hydrogen) atoms. The Balaban J connectivity index is 1.99. The van der Waals surface area contributed by atoms with Crippen LogP contribution in [0.4, 0.5) is 11.4 Å². The van der Waals surface area contributed by atoms with Crippen molar-refractivity contribution in [3.63, 3.8) is 0 Å². The summed E-state index contributed by atoms with van der Waals surface area (Å²) in [5.74, 6) is 0.0747. The number of amides is 1. The van der Waals surface area contributed by atoms with Crippen molar-refractivity contribution < 1.29 is 4.79 Å². The molecule has 1 aliphatic rings. The highest BCUT2D eigenvalue weighted by molar-refractivity contribution is 14.1. The van der Waals surface area contributed by atoms with Crippen LogP contribution in [-0.2, 0) is 6.42 Å². The molecule has 1 aliphatic heterocycles. The van der Waals surface area contributed by atoms with Gasteiger partial charge in [-0.2, -0.15) is 0 Å². The van der Waals surface area contributed by atoms with Crippen molar-refractivity contribution in [1.82, 2.24) is 0 Å². The SMILES string of the molecule is Nc1ccc2c(c1)N(C(=O)c1csc(I)c1)CCC2. The third-order valence-corrected chi connectivity index (χ3v) is 5.08. The van der Waals surface area contributed by atoms with Gasteiger partial charge in [0.25, 0.3) is 5.91 Å². The van der Waals surface area contributed by atoms with E-state index in [1.54, 1.807) is 11.3 Å². The van der Waals surface area contributed by atoms with Crippen LogP contribution in [0.2, 0.25) is 0 Å². The Morgan fingerprint density at radius 1 is 1.37 bits per heavy atom. The highest BCUT2D eigenvalue weighted by Gasteiger charge is 2.24. The van der Waals surface area contributed by atoms with Gasteiger partial charge >= 0.3 is 0 Å². The van der Waals surface area contributed by atoms with Gasteiger partial charge in [-0.1, -0.05) is 6.07 Å². The summed E-state index contributed by atoms with van der Waals surface area (Å²) in [6, 6.07) is 7.78. The Hall–Kier alpha value is -1.08. The number of hydrogen-bond acceptors (Lipinski definition) is 3. The number of rotatable bonds is 1. The fourth-order valence-electron chi connectivity index (χ4n) is 2.38. The molecule has 3 nitrogen and oxygen atoms in total. The standard InChI is InChI=1S/C14H13IN2OS/c15-13-6-10(8-19-13)14(18)17-5-1-2-9-3-4-11(16)7-12(9)17/h3-4,6-8H,1-2,5,16H2. The second-order valence-electron chi connectivity index (χ2n) is 4.59. The Morgan fingerprint density at radius 3 is 2.95 bits per heavy atom. The number of nitrogens with zero attached hydrogens (tertiary/aromatic N) is 1. The van der Waals surface area contributed by atoms with Gasteiger partial charge < -0.3 is 10.6 Å². The van der Waals surface area contributed by atoms with Gasteiger partial charge in [-0.25, -0.2) is 0 Å². The lowest BCUT2D eigenvalue weighted by Gasteiger charge is -2.29. The Kier molecular flexibility index (Phi) is 3.49. The molecule has 98 valence electrons. The maximum absolute atomic E-state index is 12.6. The zero-order valence-corrected chi connectivity index (χ0v) is 13.2. The van der Waals surface area contributed by atoms with Crippen molar-refractivity contribution in [2.45, 2.75) is 12.8 Å². The van der Waals surface area contributed by atoms with E-state index in [4.69, 9.17) is 5.73 Å². The molecule has 0 atom stereocenters. The summed E-state index contributed by atoms with van der Waals surface area (Å²) < 4.78 is 1.13. The van der Waals surface area contributed by atoms with Crippen molar-refractivity contribution >= 4 is 51.2 Å². The molecule has 0 unspecified atom stereocenters. The summed E-state index contributed by atoms with van der Waals surface area (Å²) in [5, 5.41) is 1.92. The van der Waals surface area contributed by atoms with Crippen LogP contribution < -0.4 is 10.6 Å². The van der Waals surface area contributed by atoms with E-state index in [0.717, 1.165) is 33.5 Å². The third-order valence-electron chi connectivity index (χ3n) is 3.29. The summed E-state index contributed by atoms with van der Waals surface area (Å²) in [6.07, 6.45) is 2.02. The van der Waals surface area contributed by atoms with Gasteiger partial charge in [0.2, 0.25) is 0 Å². The highest BCUT2D eigenvalue weighted by Crippen LogP contribution is 2.31. The molecule has 1 aromatic carbocycles. The van der Waals surface area contributed by atoms with Gasteiger partial charge in [-0.05, 0) is 59.2 Å². The molecule has 0 fully saturated rings. The largest absolute Gasteiger partial charge is 0.399 e. The van der Waals surface area contributed by atoms with Gasteiger partial charge in [0.1, 0.15) is 0 Å². The van der Waals surface area contributed by atoms with E-state index in [-0.39, 0.29) is 5.91 Å². The molecule has 2 heterocycles. The molecule has 1 amide bonds. The van der Waals surface area contributed by atoms with Crippen molar-refractivity contribution in [1.29, 1.82) is 0 Å². The molecule has 0 aliphatic carbocycles. The summed E-state index contributed by atoms with van der Waals surface area (Å²) in [7, 11) is 0. The fraction of sp³-hybridized carbons (Fsp3) is 0.214. The number of aryl methyl sites for hydroxylation is 1. The number of halogens is 1. The molecule has 0 radical (unpaired) electrons. The highest BCUT2D eigenvalue weighted by atomic mass is 127. The molecule has 1 aromatic heterocycles. The van der Waals surface area contributed by atoms with Crippen LogP contribution >= 0.6 is 33.9 Å². The summed E-state index contributed by atoms with van der Waals surface area (Å²) in [6.45, 7) is 0.766. The normalized spacial score (nSPS) is 14.3. The van der Waals surface area contributed by atoms with Gasteiger partial charge in [0.05, 0.1) is 8.45 Å². The predicted octanol–water partition coefficient (Wildman–Crippen LogP) is 3.53. The Morgan fingerprint density at radius 2 is 2.21 bits per heavy atom. The van der Waals surface area contributed by atoms with Gasteiger partial charge in [0, 0.05) is 23.3 Å². The minimum atomic E-state index is 0.0747. The summed E-state index contributed by atoms with van der Waals surface area (Å²) in [5.41, 5.74) is 9.50. The van der Waals surface area contributed by atoms with Crippen molar-refractivity contribution in [2.24, 2.45) is 0 Å². The lowest BCUT2D eigenvalue weighted by molar-refractivity contribution is 0.0985. The second-order valence-corrected chi connectivity index (χ2v) is 7.39. The van der Waals surface area contributed by atoms with Crippen LogP contribution in [-0.4, -0.2) is 12.5 Å². The monoisotopic (exact) mass is 384 g/mol. The molecular formula is C14H13IN2OS. The molecule has 0 spiro atoms. The summed E-state index contributed by atoms with van der Waals surface area (Å²) in [4.78, 5) is 14.4. The average molecular weight is 384 g/mol. The zero-order chi connectivity index (χ0) is 13.4. The number of carbonyl (C=O) groups is 1. The van der Waals surface area contributed by atoms with E-state index >= 15 is 0 Å². The quantitative estimate of drug-likeness (QED) is 0.604.